The number of aliphatic imine (C=N–C) groups is 2. The molecular weight excluding hydrogens is 1090 g/mol. The highest BCUT2D eigenvalue weighted by Gasteiger charge is 2.35. The van der Waals surface area contributed by atoms with E-state index in [4.69, 9.17) is 20.0 Å². The van der Waals surface area contributed by atoms with Crippen LogP contribution in [0.5, 0.6) is 0 Å². The van der Waals surface area contributed by atoms with Crippen molar-refractivity contribution in [3.63, 3.8) is 0 Å². The summed E-state index contributed by atoms with van der Waals surface area (Å²) in [5.41, 5.74) is 8.28. The molecule has 5 aromatic heterocycles. The van der Waals surface area contributed by atoms with Crippen LogP contribution < -0.4 is 4.90 Å². The molecule has 0 fully saturated rings. The zero-order chi connectivity index (χ0) is 59.5. The van der Waals surface area contributed by atoms with Gasteiger partial charge in [-0.05, 0) is 164 Å². The molecule has 422 valence electrons. The zero-order valence-electron chi connectivity index (χ0n) is 47.4. The standard InChI is InChI=1S/C65H50F6N14/c1-32-26-46(19-21-47(32)41-14-20-49-48-12-10-11-13-54(48)85(59(49)29-41)58-23-16-42(60-75-33(2)72-34(3)76-60)27-52(58)62-79-37(6)74-38(7)80-62)83-39(8)81-63(82-40(83)9)53-28-43(61-77-35(4)73-36(5)78-61)15-22-57(53)84-55-24-17-44(64(66,67)68)30-50(55)51-31-45(65(69,70)71)18-25-56(51)84/h10-27,29-31H,28H2,1-9H3. The maximum absolute atomic E-state index is 14.3. The predicted octanol–water partition coefficient (Wildman–Crippen LogP) is 15.5. The normalized spacial score (nSPS) is 14.2. The fourth-order valence-electron chi connectivity index (χ4n) is 11.8. The van der Waals surface area contributed by atoms with Crippen LogP contribution in [0.15, 0.2) is 149 Å². The third kappa shape index (κ3) is 9.65. The first kappa shape index (κ1) is 54.2. The Balaban J connectivity index is 0.913. The van der Waals surface area contributed by atoms with E-state index in [-0.39, 0.29) is 28.2 Å². The first-order valence-electron chi connectivity index (χ1n) is 27.2. The van der Waals surface area contributed by atoms with Gasteiger partial charge in [0.2, 0.25) is 0 Å². The van der Waals surface area contributed by atoms with Crippen LogP contribution in [0.3, 0.4) is 0 Å². The van der Waals surface area contributed by atoms with Crippen molar-refractivity contribution in [2.75, 3.05) is 4.90 Å². The molecule has 11 aromatic rings. The van der Waals surface area contributed by atoms with Crippen LogP contribution in [0.25, 0.3) is 94.5 Å². The fourth-order valence-corrected chi connectivity index (χ4v) is 11.8. The van der Waals surface area contributed by atoms with E-state index in [1.807, 2.05) is 76.8 Å². The van der Waals surface area contributed by atoms with Crippen LogP contribution in [0.1, 0.15) is 77.7 Å². The number of hydrogen-bond acceptors (Lipinski definition) is 12. The number of hydrogen-bond donors (Lipinski definition) is 0. The summed E-state index contributed by atoms with van der Waals surface area (Å²) in [6, 6.07) is 33.3. The number of rotatable bonds is 7. The van der Waals surface area contributed by atoms with E-state index in [0.29, 0.717) is 86.8 Å². The lowest BCUT2D eigenvalue weighted by molar-refractivity contribution is -0.138. The molecule has 0 N–H and O–H groups in total. The quantitative estimate of drug-likeness (QED) is 0.141. The van der Waals surface area contributed by atoms with Crippen LogP contribution >= 0.6 is 0 Å². The molecule has 0 spiro atoms. The van der Waals surface area contributed by atoms with Gasteiger partial charge in [0.05, 0.1) is 44.6 Å². The van der Waals surface area contributed by atoms with Crippen LogP contribution in [0.4, 0.5) is 32.0 Å². The predicted molar refractivity (Wildman–Crippen MR) is 319 cm³/mol. The number of para-hydroxylation sites is 1. The number of aryl methyl sites for hydroxylation is 7. The van der Waals surface area contributed by atoms with E-state index >= 15 is 0 Å². The van der Waals surface area contributed by atoms with Crippen molar-refractivity contribution in [1.29, 1.82) is 0 Å². The summed E-state index contributed by atoms with van der Waals surface area (Å²) in [6.07, 6.45) is -5.79. The van der Waals surface area contributed by atoms with Crippen LogP contribution in [0.2, 0.25) is 0 Å². The third-order valence-electron chi connectivity index (χ3n) is 15.3. The van der Waals surface area contributed by atoms with Gasteiger partial charge in [0, 0.05) is 55.9 Å². The molecular formula is C65H50F6N14. The van der Waals surface area contributed by atoms with Crippen molar-refractivity contribution in [1.82, 2.24) is 54.0 Å². The van der Waals surface area contributed by atoms with Gasteiger partial charge >= 0.3 is 12.4 Å². The largest absolute Gasteiger partial charge is 0.416 e. The first-order chi connectivity index (χ1) is 40.5. The van der Waals surface area contributed by atoms with Crippen molar-refractivity contribution in [2.45, 2.75) is 81.1 Å². The van der Waals surface area contributed by atoms with E-state index in [1.165, 1.54) is 12.1 Å². The monoisotopic (exact) mass is 1140 g/mol. The average molecular weight is 1140 g/mol. The van der Waals surface area contributed by atoms with Crippen LogP contribution in [-0.4, -0.2) is 65.7 Å². The minimum Gasteiger partial charge on any atom is -0.309 e. The molecule has 0 amide bonds. The second kappa shape index (κ2) is 20.1. The van der Waals surface area contributed by atoms with Crippen molar-refractivity contribution < 1.29 is 26.3 Å². The van der Waals surface area contributed by atoms with E-state index in [2.05, 4.69) is 94.9 Å². The van der Waals surface area contributed by atoms with Gasteiger partial charge in [-0.25, -0.2) is 54.8 Å². The molecule has 0 radical (unpaired) electrons. The average Bonchev–Trinajstić information content (AvgIpc) is 1.75. The second-order valence-electron chi connectivity index (χ2n) is 21.2. The molecule has 0 bridgehead atoms. The minimum atomic E-state index is -4.75. The second-order valence-corrected chi connectivity index (χ2v) is 21.2. The number of nitrogens with zero attached hydrogens (tertiary/aromatic N) is 14. The number of aromatic nitrogens is 11. The summed E-state index contributed by atoms with van der Waals surface area (Å²) >= 11 is 0. The molecule has 6 heterocycles. The van der Waals surface area contributed by atoms with E-state index in [0.717, 1.165) is 85.3 Å². The highest BCUT2D eigenvalue weighted by atomic mass is 19.4. The van der Waals surface area contributed by atoms with Gasteiger partial charge in [0.25, 0.3) is 0 Å². The fraction of sp³-hybridized carbons (Fsp3) is 0.185. The van der Waals surface area contributed by atoms with E-state index in [9.17, 15) is 26.3 Å². The Hall–Kier alpha value is -10.1. The first-order valence-corrected chi connectivity index (χ1v) is 27.2. The number of fused-ring (bicyclic) bond motifs is 6. The highest BCUT2D eigenvalue weighted by Crippen LogP contribution is 2.45. The van der Waals surface area contributed by atoms with Gasteiger partial charge in [-0.1, -0.05) is 42.5 Å². The van der Waals surface area contributed by atoms with E-state index < -0.39 is 23.5 Å². The summed E-state index contributed by atoms with van der Waals surface area (Å²) < 4.78 is 89.6. The van der Waals surface area contributed by atoms with Gasteiger partial charge in [-0.15, -0.1) is 0 Å². The minimum absolute atomic E-state index is 0.00142. The van der Waals surface area contributed by atoms with Crippen molar-refractivity contribution >= 4 is 72.2 Å². The van der Waals surface area contributed by atoms with Crippen molar-refractivity contribution in [2.24, 2.45) is 9.98 Å². The molecule has 0 atom stereocenters. The van der Waals surface area contributed by atoms with Gasteiger partial charge in [0.15, 0.2) is 23.3 Å². The Morgan fingerprint density at radius 1 is 0.412 bits per heavy atom. The van der Waals surface area contributed by atoms with Gasteiger partial charge in [0.1, 0.15) is 46.6 Å². The molecule has 6 aromatic carbocycles. The molecule has 1 aliphatic heterocycles. The Kier molecular flexibility index (Phi) is 12.8. The Morgan fingerprint density at radius 2 is 0.941 bits per heavy atom. The molecule has 0 saturated carbocycles. The number of benzene rings is 6. The number of anilines is 1. The summed E-state index contributed by atoms with van der Waals surface area (Å²) in [7, 11) is 0. The van der Waals surface area contributed by atoms with Crippen LogP contribution in [0, 0.1) is 48.5 Å². The molecule has 1 aliphatic carbocycles. The Morgan fingerprint density at radius 3 is 1.52 bits per heavy atom. The molecule has 0 saturated heterocycles. The molecule has 0 unspecified atom stereocenters. The lowest BCUT2D eigenvalue weighted by Crippen LogP contribution is -2.36. The lowest BCUT2D eigenvalue weighted by atomic mass is 9.95. The van der Waals surface area contributed by atoms with E-state index in [1.54, 1.807) is 30.6 Å². The van der Waals surface area contributed by atoms with Crippen molar-refractivity contribution in [3.8, 4) is 39.6 Å². The summed E-state index contributed by atoms with van der Waals surface area (Å²) in [6.45, 7) is 16.7. The number of halogens is 6. The van der Waals surface area contributed by atoms with Gasteiger partial charge < -0.3 is 9.13 Å². The van der Waals surface area contributed by atoms with Crippen molar-refractivity contribution in [3.05, 3.63) is 196 Å². The van der Waals surface area contributed by atoms with Crippen LogP contribution in [-0.2, 0) is 12.4 Å². The SMILES string of the molecule is CC1=NC(=C2CC(c3nc(C)nc(C)n3)=CC=C2n2c3ccc(C(F)(F)F)cc3c3cc(C(F)(F)F)ccc32)N=C(C)N1c1ccc(-c2ccc3c4ccccc4n(-c4ccc(-c5nc(C)nc(C)n5)cc4-c4nc(C)nc(C)n4)c3c2)c(C)c1. The van der Waals surface area contributed by atoms with Gasteiger partial charge in [-0.2, -0.15) is 26.3 Å². The zero-order valence-corrected chi connectivity index (χ0v) is 47.4. The van der Waals surface area contributed by atoms with Gasteiger partial charge in [-0.3, -0.25) is 4.90 Å². The molecule has 20 heteroatoms. The number of alkyl halides is 6. The molecule has 14 nitrogen and oxygen atoms in total. The maximum Gasteiger partial charge on any atom is 0.416 e. The topological polar surface area (TPSA) is 154 Å². The molecule has 13 rings (SSSR count). The Bertz CT molecular complexity index is 4690. The lowest BCUT2D eigenvalue weighted by Gasteiger charge is -2.29. The highest BCUT2D eigenvalue weighted by molar-refractivity contribution is 6.20. The Labute approximate surface area is 482 Å². The molecule has 85 heavy (non-hydrogen) atoms. The summed E-state index contributed by atoms with van der Waals surface area (Å²) in [4.78, 5) is 53.8. The summed E-state index contributed by atoms with van der Waals surface area (Å²) in [5.74, 6) is 6.28. The number of allylic oxidation sites excluding steroid dienone is 5. The third-order valence-corrected chi connectivity index (χ3v) is 15.3. The smallest absolute Gasteiger partial charge is 0.309 e. The summed E-state index contributed by atoms with van der Waals surface area (Å²) in [5, 5.41) is 2.11. The molecule has 2 aliphatic rings. The number of amidine groups is 2. The maximum atomic E-state index is 14.3.